The predicted molar refractivity (Wildman–Crippen MR) is 102 cm³/mol. The fourth-order valence-corrected chi connectivity index (χ4v) is 3.72. The molecule has 0 bridgehead atoms. The van der Waals surface area contributed by atoms with E-state index in [0.717, 1.165) is 43.1 Å². The zero-order chi connectivity index (χ0) is 18.5. The topological polar surface area (TPSA) is 54.5 Å². The van der Waals surface area contributed by atoms with Crippen molar-refractivity contribution in [2.45, 2.75) is 45.8 Å². The maximum Gasteiger partial charge on any atom is 0.220 e. The number of aryl methyl sites for hydroxylation is 2. The molecule has 1 fully saturated rings. The highest BCUT2D eigenvalue weighted by Gasteiger charge is 2.24. The summed E-state index contributed by atoms with van der Waals surface area (Å²) in [6.07, 6.45) is 3.33. The summed E-state index contributed by atoms with van der Waals surface area (Å²) in [5.74, 6) is 1.09. The standard InChI is InChI=1S/C21H27N3O2/c1-15-10-16(2)21(26-3)17(11-15)12-24(13-18-6-4-5-9-22-18)14-19-7-8-20(25)23-19/h4-6,9-11,19H,7-8,12-14H2,1-3H3,(H,23,25)/t19-/m0/s1. The lowest BCUT2D eigenvalue weighted by Gasteiger charge is -2.26. The molecular weight excluding hydrogens is 326 g/mol. The van der Waals surface area contributed by atoms with Crippen molar-refractivity contribution in [3.05, 3.63) is 58.9 Å². The van der Waals surface area contributed by atoms with Gasteiger partial charge in [-0.3, -0.25) is 14.7 Å². The van der Waals surface area contributed by atoms with Crippen LogP contribution in [0.5, 0.6) is 5.75 Å². The first-order valence-electron chi connectivity index (χ1n) is 9.11. The Bertz CT molecular complexity index is 761. The summed E-state index contributed by atoms with van der Waals surface area (Å²) in [6.45, 7) is 6.49. The first kappa shape index (κ1) is 18.4. The molecule has 0 unspecified atom stereocenters. The number of rotatable bonds is 7. The van der Waals surface area contributed by atoms with Gasteiger partial charge in [-0.05, 0) is 38.0 Å². The number of benzene rings is 1. The fourth-order valence-electron chi connectivity index (χ4n) is 3.72. The van der Waals surface area contributed by atoms with E-state index in [-0.39, 0.29) is 11.9 Å². The number of pyridine rings is 1. The Morgan fingerprint density at radius 1 is 1.27 bits per heavy atom. The van der Waals surface area contributed by atoms with Crippen LogP contribution in [0.25, 0.3) is 0 Å². The molecule has 5 nitrogen and oxygen atoms in total. The fraction of sp³-hybridized carbons (Fsp3) is 0.429. The molecule has 0 radical (unpaired) electrons. The molecule has 1 aromatic heterocycles. The summed E-state index contributed by atoms with van der Waals surface area (Å²) >= 11 is 0. The maximum atomic E-state index is 11.6. The van der Waals surface area contributed by atoms with E-state index in [1.54, 1.807) is 7.11 Å². The van der Waals surface area contributed by atoms with Gasteiger partial charge in [-0.1, -0.05) is 23.8 Å². The molecule has 0 spiro atoms. The molecule has 1 atom stereocenters. The van der Waals surface area contributed by atoms with Crippen LogP contribution in [0.1, 0.15) is 35.2 Å². The Morgan fingerprint density at radius 3 is 2.77 bits per heavy atom. The Balaban J connectivity index is 1.82. The molecule has 3 rings (SSSR count). The zero-order valence-electron chi connectivity index (χ0n) is 15.8. The number of carbonyl (C=O) groups excluding carboxylic acids is 1. The Labute approximate surface area is 155 Å². The second-order valence-corrected chi connectivity index (χ2v) is 7.07. The van der Waals surface area contributed by atoms with Gasteiger partial charge in [-0.25, -0.2) is 0 Å². The molecule has 0 aliphatic carbocycles. The van der Waals surface area contributed by atoms with Gasteiger partial charge < -0.3 is 10.1 Å². The van der Waals surface area contributed by atoms with Gasteiger partial charge >= 0.3 is 0 Å². The number of amides is 1. The molecule has 138 valence electrons. The van der Waals surface area contributed by atoms with Crippen molar-refractivity contribution >= 4 is 5.91 Å². The monoisotopic (exact) mass is 353 g/mol. The van der Waals surface area contributed by atoms with Crippen LogP contribution < -0.4 is 10.1 Å². The van der Waals surface area contributed by atoms with Gasteiger partial charge in [0.1, 0.15) is 5.75 Å². The molecule has 26 heavy (non-hydrogen) atoms. The highest BCUT2D eigenvalue weighted by atomic mass is 16.5. The molecular formula is C21H27N3O2. The first-order chi connectivity index (χ1) is 12.5. The van der Waals surface area contributed by atoms with Crippen molar-refractivity contribution < 1.29 is 9.53 Å². The lowest BCUT2D eigenvalue weighted by atomic mass is 10.0. The summed E-state index contributed by atoms with van der Waals surface area (Å²) in [5.41, 5.74) is 4.57. The summed E-state index contributed by atoms with van der Waals surface area (Å²) < 4.78 is 5.66. The minimum Gasteiger partial charge on any atom is -0.496 e. The molecule has 1 aromatic carbocycles. The van der Waals surface area contributed by atoms with Crippen LogP contribution in [0, 0.1) is 13.8 Å². The maximum absolute atomic E-state index is 11.6. The smallest absolute Gasteiger partial charge is 0.220 e. The Morgan fingerprint density at radius 2 is 2.12 bits per heavy atom. The quantitative estimate of drug-likeness (QED) is 0.831. The van der Waals surface area contributed by atoms with E-state index in [2.05, 4.69) is 41.2 Å². The van der Waals surface area contributed by atoms with Gasteiger partial charge in [-0.15, -0.1) is 0 Å². The van der Waals surface area contributed by atoms with Crippen LogP contribution in [0.15, 0.2) is 36.5 Å². The number of hydrogen-bond acceptors (Lipinski definition) is 4. The molecule has 1 aliphatic heterocycles. The summed E-state index contributed by atoms with van der Waals surface area (Å²) in [5, 5.41) is 3.07. The number of nitrogens with one attached hydrogen (secondary N) is 1. The van der Waals surface area contributed by atoms with Gasteiger partial charge in [0, 0.05) is 43.9 Å². The van der Waals surface area contributed by atoms with Crippen molar-refractivity contribution in [1.82, 2.24) is 15.2 Å². The third-order valence-electron chi connectivity index (χ3n) is 4.77. The molecule has 2 heterocycles. The van der Waals surface area contributed by atoms with Crippen LogP contribution in [-0.4, -0.2) is 35.5 Å². The van der Waals surface area contributed by atoms with Gasteiger partial charge in [0.05, 0.1) is 12.8 Å². The summed E-state index contributed by atoms with van der Waals surface area (Å²) in [7, 11) is 1.72. The largest absolute Gasteiger partial charge is 0.496 e. The second kappa shape index (κ2) is 8.32. The van der Waals surface area contributed by atoms with Crippen LogP contribution in [0.3, 0.4) is 0 Å². The van der Waals surface area contributed by atoms with E-state index in [1.807, 2.05) is 24.4 Å². The molecule has 1 saturated heterocycles. The number of methoxy groups -OCH3 is 1. The lowest BCUT2D eigenvalue weighted by molar-refractivity contribution is -0.119. The molecule has 0 saturated carbocycles. The number of ether oxygens (including phenoxy) is 1. The van der Waals surface area contributed by atoms with Gasteiger partial charge in [0.2, 0.25) is 5.91 Å². The predicted octanol–water partition coefficient (Wildman–Crippen LogP) is 2.99. The van der Waals surface area contributed by atoms with Crippen molar-refractivity contribution in [3.8, 4) is 5.75 Å². The average Bonchev–Trinajstić information content (AvgIpc) is 3.00. The van der Waals surface area contributed by atoms with Gasteiger partial charge in [-0.2, -0.15) is 0 Å². The van der Waals surface area contributed by atoms with E-state index in [9.17, 15) is 4.79 Å². The number of carbonyl (C=O) groups is 1. The van der Waals surface area contributed by atoms with E-state index in [4.69, 9.17) is 4.74 Å². The van der Waals surface area contributed by atoms with E-state index in [1.165, 1.54) is 11.1 Å². The summed E-state index contributed by atoms with van der Waals surface area (Å²) in [6, 6.07) is 10.5. The van der Waals surface area contributed by atoms with Crippen molar-refractivity contribution in [2.24, 2.45) is 0 Å². The van der Waals surface area contributed by atoms with E-state index >= 15 is 0 Å². The minimum absolute atomic E-state index is 0.150. The molecule has 1 amide bonds. The minimum atomic E-state index is 0.150. The van der Waals surface area contributed by atoms with Crippen LogP contribution in [0.2, 0.25) is 0 Å². The highest BCUT2D eigenvalue weighted by Crippen LogP contribution is 2.27. The highest BCUT2D eigenvalue weighted by molar-refractivity contribution is 5.78. The number of aromatic nitrogens is 1. The van der Waals surface area contributed by atoms with Gasteiger partial charge in [0.25, 0.3) is 0 Å². The number of hydrogen-bond donors (Lipinski definition) is 1. The van der Waals surface area contributed by atoms with Crippen molar-refractivity contribution in [3.63, 3.8) is 0 Å². The van der Waals surface area contributed by atoms with E-state index in [0.29, 0.717) is 6.42 Å². The number of nitrogens with zero attached hydrogens (tertiary/aromatic N) is 2. The average molecular weight is 353 g/mol. The third-order valence-corrected chi connectivity index (χ3v) is 4.77. The van der Waals surface area contributed by atoms with Crippen LogP contribution in [-0.2, 0) is 17.9 Å². The first-order valence-corrected chi connectivity index (χ1v) is 9.11. The zero-order valence-corrected chi connectivity index (χ0v) is 15.8. The summed E-state index contributed by atoms with van der Waals surface area (Å²) in [4.78, 5) is 18.4. The molecule has 1 aliphatic rings. The van der Waals surface area contributed by atoms with E-state index < -0.39 is 0 Å². The van der Waals surface area contributed by atoms with Crippen LogP contribution >= 0.6 is 0 Å². The molecule has 5 heteroatoms. The molecule has 2 aromatic rings. The SMILES string of the molecule is COc1c(C)cc(C)cc1CN(Cc1ccccn1)C[C@@H]1CCC(=O)N1. The molecule has 1 N–H and O–H groups in total. The third kappa shape index (κ3) is 4.61. The Hall–Kier alpha value is -2.40. The van der Waals surface area contributed by atoms with Gasteiger partial charge in [0.15, 0.2) is 0 Å². The second-order valence-electron chi connectivity index (χ2n) is 7.07. The normalized spacial score (nSPS) is 16.8. The van der Waals surface area contributed by atoms with Crippen molar-refractivity contribution in [1.29, 1.82) is 0 Å². The Kier molecular flexibility index (Phi) is 5.89. The van der Waals surface area contributed by atoms with Crippen molar-refractivity contribution in [2.75, 3.05) is 13.7 Å². The lowest BCUT2D eigenvalue weighted by Crippen LogP contribution is -2.38. The van der Waals surface area contributed by atoms with Crippen LogP contribution in [0.4, 0.5) is 0 Å².